The van der Waals surface area contributed by atoms with Crippen molar-refractivity contribution in [3.8, 4) is 0 Å². The lowest BCUT2D eigenvalue weighted by molar-refractivity contribution is -0.116. The van der Waals surface area contributed by atoms with E-state index in [1.165, 1.54) is 6.92 Å². The number of benzene rings is 1. The molecule has 1 aromatic rings. The van der Waals surface area contributed by atoms with E-state index in [0.29, 0.717) is 6.54 Å². The molecule has 0 aliphatic carbocycles. The average Bonchev–Trinajstić information content (AvgIpc) is 2.45. The lowest BCUT2D eigenvalue weighted by atomic mass is 10.2. The zero-order valence-corrected chi connectivity index (χ0v) is 14.1. The van der Waals surface area contributed by atoms with Crippen LogP contribution in [0.3, 0.4) is 0 Å². The van der Waals surface area contributed by atoms with Gasteiger partial charge in [0, 0.05) is 30.2 Å². The van der Waals surface area contributed by atoms with Crippen molar-refractivity contribution in [1.82, 2.24) is 4.72 Å². The highest BCUT2D eigenvalue weighted by molar-refractivity contribution is 7.99. The van der Waals surface area contributed by atoms with Crippen molar-refractivity contribution in [1.29, 1.82) is 0 Å². The van der Waals surface area contributed by atoms with Crippen LogP contribution in [-0.4, -0.2) is 32.7 Å². The molecule has 0 spiro atoms. The fraction of sp³-hybridized carbons (Fsp3) is 0.500. The average molecular weight is 328 g/mol. The maximum absolute atomic E-state index is 12.3. The molecule has 0 radical (unpaired) electrons. The summed E-state index contributed by atoms with van der Waals surface area (Å²) in [4.78, 5) is 14.4. The fourth-order valence-corrected chi connectivity index (χ4v) is 4.57. The van der Waals surface area contributed by atoms with E-state index in [9.17, 15) is 13.2 Å². The number of amides is 1. The van der Waals surface area contributed by atoms with Crippen LogP contribution >= 0.6 is 11.8 Å². The summed E-state index contributed by atoms with van der Waals surface area (Å²) in [5.74, 6) is 0.749. The highest BCUT2D eigenvalue weighted by atomic mass is 32.2. The van der Waals surface area contributed by atoms with Crippen molar-refractivity contribution in [3.05, 3.63) is 18.2 Å². The molecule has 0 aromatic heterocycles. The number of carbonyl (C=O) groups is 1. The molecule has 5 nitrogen and oxygen atoms in total. The largest absolute Gasteiger partial charge is 0.311 e. The van der Waals surface area contributed by atoms with Crippen LogP contribution < -0.4 is 9.62 Å². The molecule has 1 N–H and O–H groups in total. The van der Waals surface area contributed by atoms with Crippen molar-refractivity contribution < 1.29 is 13.2 Å². The number of rotatable bonds is 4. The second-order valence-corrected chi connectivity index (χ2v) is 7.93. The lowest BCUT2D eigenvalue weighted by Gasteiger charge is -2.28. The highest BCUT2D eigenvalue weighted by Gasteiger charge is 2.24. The Morgan fingerprint density at radius 1 is 1.48 bits per heavy atom. The molecule has 7 heteroatoms. The van der Waals surface area contributed by atoms with Gasteiger partial charge in [-0.2, -0.15) is 0 Å². The minimum atomic E-state index is -3.51. The van der Waals surface area contributed by atoms with Gasteiger partial charge >= 0.3 is 0 Å². The summed E-state index contributed by atoms with van der Waals surface area (Å²) in [5.41, 5.74) is 0.793. The molecule has 1 amide bonds. The smallest absolute Gasteiger partial charge is 0.240 e. The van der Waals surface area contributed by atoms with Gasteiger partial charge in [-0.1, -0.05) is 6.92 Å². The van der Waals surface area contributed by atoms with E-state index in [-0.39, 0.29) is 16.8 Å². The standard InChI is InChI=1S/C14H20N2O3S2/c1-4-10(2)15-21(18,19)12-5-6-13-14(9-12)20-8-7-16(13)11(3)17/h5-6,9-10,15H,4,7-8H2,1-3H3. The fourth-order valence-electron chi connectivity index (χ4n) is 2.11. The van der Waals surface area contributed by atoms with Crippen molar-refractivity contribution in [3.63, 3.8) is 0 Å². The third kappa shape index (κ3) is 3.59. The van der Waals surface area contributed by atoms with Crippen LogP contribution in [0.2, 0.25) is 0 Å². The number of hydrogen-bond acceptors (Lipinski definition) is 4. The van der Waals surface area contributed by atoms with E-state index in [2.05, 4.69) is 4.72 Å². The van der Waals surface area contributed by atoms with Gasteiger partial charge in [-0.3, -0.25) is 4.79 Å². The summed E-state index contributed by atoms with van der Waals surface area (Å²) >= 11 is 1.58. The zero-order chi connectivity index (χ0) is 15.6. The normalized spacial score (nSPS) is 16.4. The number of thioether (sulfide) groups is 1. The molecular weight excluding hydrogens is 308 g/mol. The first-order chi connectivity index (χ1) is 9.85. The predicted molar refractivity (Wildman–Crippen MR) is 85.3 cm³/mol. The molecule has 2 rings (SSSR count). The molecular formula is C14H20N2O3S2. The SMILES string of the molecule is CCC(C)NS(=O)(=O)c1ccc2c(c1)SCCN2C(C)=O. The third-order valence-electron chi connectivity index (χ3n) is 3.45. The van der Waals surface area contributed by atoms with E-state index >= 15 is 0 Å². The molecule has 0 saturated carbocycles. The van der Waals surface area contributed by atoms with Crippen molar-refractivity contribution in [2.24, 2.45) is 0 Å². The van der Waals surface area contributed by atoms with Crippen LogP contribution in [0.25, 0.3) is 0 Å². The molecule has 0 bridgehead atoms. The summed E-state index contributed by atoms with van der Waals surface area (Å²) in [6, 6.07) is 4.83. The molecule has 116 valence electrons. The van der Waals surface area contributed by atoms with Crippen LogP contribution in [0.5, 0.6) is 0 Å². The van der Waals surface area contributed by atoms with Gasteiger partial charge in [0.25, 0.3) is 0 Å². The maximum atomic E-state index is 12.3. The van der Waals surface area contributed by atoms with Gasteiger partial charge in [0.05, 0.1) is 10.6 Å². The molecule has 1 unspecified atom stereocenters. The number of carbonyl (C=O) groups excluding carboxylic acids is 1. The van der Waals surface area contributed by atoms with Crippen molar-refractivity contribution in [2.45, 2.75) is 43.0 Å². The molecule has 1 atom stereocenters. The molecule has 1 aromatic carbocycles. The van der Waals surface area contributed by atoms with Crippen LogP contribution in [0.15, 0.2) is 28.0 Å². The predicted octanol–water partition coefficient (Wildman–Crippen LogP) is 2.22. The third-order valence-corrected chi connectivity index (χ3v) is 6.07. The van der Waals surface area contributed by atoms with Crippen LogP contribution in [0, 0.1) is 0 Å². The van der Waals surface area contributed by atoms with Gasteiger partial charge in [-0.15, -0.1) is 11.8 Å². The summed E-state index contributed by atoms with van der Waals surface area (Å²) < 4.78 is 27.2. The van der Waals surface area contributed by atoms with Gasteiger partial charge in [0.2, 0.25) is 15.9 Å². The van der Waals surface area contributed by atoms with Crippen LogP contribution in [0.1, 0.15) is 27.2 Å². The Kier molecular flexibility index (Phi) is 4.95. The van der Waals surface area contributed by atoms with E-state index in [0.717, 1.165) is 22.8 Å². The van der Waals surface area contributed by atoms with E-state index in [4.69, 9.17) is 0 Å². The molecule has 1 aliphatic heterocycles. The first-order valence-electron chi connectivity index (χ1n) is 6.92. The summed E-state index contributed by atoms with van der Waals surface area (Å²) in [6.07, 6.45) is 0.733. The second kappa shape index (κ2) is 6.37. The van der Waals surface area contributed by atoms with Crippen LogP contribution in [0.4, 0.5) is 5.69 Å². The number of nitrogens with zero attached hydrogens (tertiary/aromatic N) is 1. The molecule has 1 aliphatic rings. The Balaban J connectivity index is 2.35. The molecule has 0 fully saturated rings. The van der Waals surface area contributed by atoms with Gasteiger partial charge in [-0.25, -0.2) is 13.1 Å². The Labute approximate surface area is 130 Å². The summed E-state index contributed by atoms with van der Waals surface area (Å²) in [6.45, 7) is 5.95. The molecule has 21 heavy (non-hydrogen) atoms. The number of nitrogens with one attached hydrogen (secondary N) is 1. The van der Waals surface area contributed by atoms with Crippen LogP contribution in [-0.2, 0) is 14.8 Å². The quantitative estimate of drug-likeness (QED) is 0.920. The summed E-state index contributed by atoms with van der Waals surface area (Å²) in [5, 5.41) is 0. The van der Waals surface area contributed by atoms with E-state index in [1.54, 1.807) is 34.9 Å². The van der Waals surface area contributed by atoms with Gasteiger partial charge in [0.15, 0.2) is 0 Å². The minimum Gasteiger partial charge on any atom is -0.311 e. The number of fused-ring (bicyclic) bond motifs is 1. The Hall–Kier alpha value is -1.05. The first-order valence-corrected chi connectivity index (χ1v) is 9.39. The van der Waals surface area contributed by atoms with Crippen molar-refractivity contribution in [2.75, 3.05) is 17.2 Å². The Bertz CT molecular complexity index is 644. The monoisotopic (exact) mass is 328 g/mol. The minimum absolute atomic E-state index is 0.0233. The number of anilines is 1. The molecule has 1 heterocycles. The van der Waals surface area contributed by atoms with E-state index in [1.807, 2.05) is 13.8 Å². The summed E-state index contributed by atoms with van der Waals surface area (Å²) in [7, 11) is -3.51. The molecule has 0 saturated heterocycles. The topological polar surface area (TPSA) is 66.5 Å². The van der Waals surface area contributed by atoms with Gasteiger partial charge < -0.3 is 4.90 Å². The zero-order valence-electron chi connectivity index (χ0n) is 12.4. The lowest BCUT2D eigenvalue weighted by Crippen LogP contribution is -2.34. The Morgan fingerprint density at radius 2 is 2.19 bits per heavy atom. The number of hydrogen-bond donors (Lipinski definition) is 1. The highest BCUT2D eigenvalue weighted by Crippen LogP contribution is 2.36. The maximum Gasteiger partial charge on any atom is 0.240 e. The van der Waals surface area contributed by atoms with Crippen molar-refractivity contribution >= 4 is 33.4 Å². The van der Waals surface area contributed by atoms with Gasteiger partial charge in [0.1, 0.15) is 0 Å². The Morgan fingerprint density at radius 3 is 2.81 bits per heavy atom. The second-order valence-electron chi connectivity index (χ2n) is 5.08. The van der Waals surface area contributed by atoms with Gasteiger partial charge in [-0.05, 0) is 31.5 Å². The van der Waals surface area contributed by atoms with E-state index < -0.39 is 10.0 Å². The number of sulfonamides is 1. The first kappa shape index (κ1) is 16.3.